The molecule has 7 nitrogen and oxygen atoms in total. The van der Waals surface area contributed by atoms with Crippen molar-refractivity contribution in [2.75, 3.05) is 23.9 Å². The molecule has 1 unspecified atom stereocenters. The van der Waals surface area contributed by atoms with E-state index in [-0.39, 0.29) is 32.1 Å². The second kappa shape index (κ2) is 10.7. The molecule has 1 atom stereocenters. The van der Waals surface area contributed by atoms with Crippen molar-refractivity contribution in [2.45, 2.75) is 4.90 Å². The van der Waals surface area contributed by atoms with E-state index in [9.17, 15) is 13.8 Å². The molecule has 0 spiro atoms. The van der Waals surface area contributed by atoms with Gasteiger partial charge in [0.1, 0.15) is 10.7 Å². The summed E-state index contributed by atoms with van der Waals surface area (Å²) in [6, 6.07) is 11.6. The number of ether oxygens (including phenoxy) is 1. The van der Waals surface area contributed by atoms with Gasteiger partial charge in [0.2, 0.25) is 5.78 Å². The van der Waals surface area contributed by atoms with Gasteiger partial charge in [0.05, 0.1) is 33.5 Å². The molecule has 1 heterocycles. The molecule has 166 valence electrons. The molecule has 32 heavy (non-hydrogen) atoms. The highest BCUT2D eigenvalue weighted by Crippen LogP contribution is 2.34. The number of rotatable bonds is 8. The molecule has 0 bridgehead atoms. The summed E-state index contributed by atoms with van der Waals surface area (Å²) >= 11 is 13.3. The molecular weight excluding hydrogens is 493 g/mol. The molecule has 3 N–H and O–H groups in total. The lowest BCUT2D eigenvalue weighted by Crippen LogP contribution is -2.04. The van der Waals surface area contributed by atoms with Gasteiger partial charge in [0.15, 0.2) is 5.13 Å². The fraction of sp³-hybridized carbons (Fsp3) is 0.0952. The highest BCUT2D eigenvalue weighted by Gasteiger charge is 2.22. The number of halogens is 2. The summed E-state index contributed by atoms with van der Waals surface area (Å²) in [6.07, 6.45) is 2.73. The van der Waals surface area contributed by atoms with Crippen molar-refractivity contribution < 1.29 is 18.5 Å². The van der Waals surface area contributed by atoms with E-state index >= 15 is 0 Å². The number of nitrogens with one attached hydrogen (secondary N) is 1. The number of carbonyl (C=O) groups is 2. The molecule has 0 aliphatic heterocycles. The molecule has 0 saturated carbocycles. The summed E-state index contributed by atoms with van der Waals surface area (Å²) in [5, 5.41) is 3.94. The van der Waals surface area contributed by atoms with Crippen LogP contribution in [0, 0.1) is 0 Å². The van der Waals surface area contributed by atoms with E-state index in [2.05, 4.69) is 15.0 Å². The minimum Gasteiger partial charge on any atom is -0.466 e. The smallest absolute Gasteiger partial charge is 0.330 e. The maximum Gasteiger partial charge on any atom is 0.330 e. The highest BCUT2D eigenvalue weighted by atomic mass is 35.5. The number of anilines is 3. The van der Waals surface area contributed by atoms with Crippen LogP contribution in [0.4, 0.5) is 16.6 Å². The third kappa shape index (κ3) is 5.74. The topological polar surface area (TPSA) is 111 Å². The second-order valence-electron chi connectivity index (χ2n) is 6.25. The zero-order valence-electron chi connectivity index (χ0n) is 16.6. The van der Waals surface area contributed by atoms with E-state index in [0.717, 1.165) is 11.3 Å². The molecule has 0 amide bonds. The lowest BCUT2D eigenvalue weighted by atomic mass is 10.1. The largest absolute Gasteiger partial charge is 0.466 e. The third-order valence-electron chi connectivity index (χ3n) is 4.12. The molecule has 0 saturated heterocycles. The van der Waals surface area contributed by atoms with Crippen LogP contribution in [0.15, 0.2) is 59.5 Å². The quantitative estimate of drug-likeness (QED) is 0.253. The van der Waals surface area contributed by atoms with Crippen molar-refractivity contribution in [3.05, 3.63) is 75.1 Å². The van der Waals surface area contributed by atoms with E-state index in [1.54, 1.807) is 42.5 Å². The number of ketones is 1. The minimum atomic E-state index is -1.31. The molecule has 3 aromatic rings. The Hall–Kier alpha value is -2.72. The average molecular weight is 510 g/mol. The first-order valence-electron chi connectivity index (χ1n) is 9.05. The van der Waals surface area contributed by atoms with E-state index in [1.165, 1.54) is 19.3 Å². The van der Waals surface area contributed by atoms with Crippen LogP contribution in [0.1, 0.15) is 15.2 Å². The number of thiazole rings is 1. The van der Waals surface area contributed by atoms with Crippen LogP contribution in [0.2, 0.25) is 10.0 Å². The molecule has 2 aromatic carbocycles. The predicted molar refractivity (Wildman–Crippen MR) is 129 cm³/mol. The summed E-state index contributed by atoms with van der Waals surface area (Å²) in [5.74, 6) is -0.664. The van der Waals surface area contributed by atoms with Gasteiger partial charge in [-0.25, -0.2) is 9.78 Å². The molecule has 1 aromatic heterocycles. The van der Waals surface area contributed by atoms with E-state index < -0.39 is 22.6 Å². The van der Waals surface area contributed by atoms with Crippen molar-refractivity contribution in [3.8, 4) is 0 Å². The Morgan fingerprint density at radius 1 is 1.19 bits per heavy atom. The van der Waals surface area contributed by atoms with Gasteiger partial charge in [0, 0.05) is 22.4 Å². The highest BCUT2D eigenvalue weighted by molar-refractivity contribution is 7.85. The van der Waals surface area contributed by atoms with Crippen LogP contribution < -0.4 is 11.1 Å². The Balaban J connectivity index is 1.71. The number of nitrogens with zero attached hydrogens (tertiary/aromatic N) is 1. The number of methoxy groups -OCH3 is 1. The van der Waals surface area contributed by atoms with E-state index in [4.69, 9.17) is 28.9 Å². The predicted octanol–water partition coefficient (Wildman–Crippen LogP) is 4.84. The Kier molecular flexibility index (Phi) is 8.03. The fourth-order valence-corrected chi connectivity index (χ4v) is 4.91. The van der Waals surface area contributed by atoms with Crippen molar-refractivity contribution in [2.24, 2.45) is 0 Å². The minimum absolute atomic E-state index is 0.0635. The fourth-order valence-electron chi connectivity index (χ4n) is 2.59. The van der Waals surface area contributed by atoms with E-state index in [0.29, 0.717) is 15.7 Å². The SMILES string of the molecule is COC(=O)/C=C/CS(=O)c1ccc(Nc2nc(N)c(C(=O)c3c(Cl)cccc3Cl)s2)cc1. The van der Waals surface area contributed by atoms with Crippen LogP contribution in [-0.2, 0) is 20.3 Å². The lowest BCUT2D eigenvalue weighted by Gasteiger charge is -2.05. The van der Waals surface area contributed by atoms with Crippen molar-refractivity contribution >= 4 is 73.7 Å². The Bertz CT molecular complexity index is 1190. The zero-order chi connectivity index (χ0) is 23.3. The maximum atomic E-state index is 12.9. The number of carbonyl (C=O) groups excluding carboxylic acids is 2. The molecule has 0 fully saturated rings. The number of nitrogen functional groups attached to an aromatic ring is 1. The summed E-state index contributed by atoms with van der Waals surface area (Å²) in [5.41, 5.74) is 6.79. The van der Waals surface area contributed by atoms with E-state index in [1.807, 2.05) is 0 Å². The maximum absolute atomic E-state index is 12.9. The van der Waals surface area contributed by atoms with Gasteiger partial charge in [-0.15, -0.1) is 0 Å². The third-order valence-corrected chi connectivity index (χ3v) is 7.03. The van der Waals surface area contributed by atoms with Gasteiger partial charge in [-0.3, -0.25) is 9.00 Å². The first-order valence-corrected chi connectivity index (χ1v) is 11.9. The van der Waals surface area contributed by atoms with Crippen molar-refractivity contribution in [1.82, 2.24) is 4.98 Å². The standard InChI is InChI=1S/C21H17Cl2N3O4S2/c1-30-16(27)6-3-11-32(29)13-9-7-12(8-10-13)25-21-26-20(24)19(31-21)18(28)17-14(22)4-2-5-15(17)23/h2-10H,11,24H2,1H3,(H,25,26)/b6-3+. The molecule has 0 radical (unpaired) electrons. The normalized spacial score (nSPS) is 12.0. The Morgan fingerprint density at radius 2 is 1.84 bits per heavy atom. The van der Waals surface area contributed by atoms with Crippen LogP contribution in [-0.4, -0.2) is 33.8 Å². The number of hydrogen-bond acceptors (Lipinski definition) is 8. The molecule has 0 aliphatic rings. The number of hydrogen-bond donors (Lipinski definition) is 2. The van der Waals surface area contributed by atoms with Gasteiger partial charge in [-0.2, -0.15) is 0 Å². The number of benzene rings is 2. The summed E-state index contributed by atoms with van der Waals surface area (Å²) in [4.78, 5) is 28.9. The van der Waals surface area contributed by atoms with Crippen LogP contribution >= 0.6 is 34.5 Å². The van der Waals surface area contributed by atoms with Gasteiger partial charge in [0.25, 0.3) is 0 Å². The number of aromatic nitrogens is 1. The van der Waals surface area contributed by atoms with Gasteiger partial charge in [-0.1, -0.05) is 46.7 Å². The second-order valence-corrected chi connectivity index (χ2v) is 9.56. The zero-order valence-corrected chi connectivity index (χ0v) is 19.8. The summed E-state index contributed by atoms with van der Waals surface area (Å²) < 4.78 is 16.8. The van der Waals surface area contributed by atoms with Gasteiger partial charge < -0.3 is 15.8 Å². The first-order chi connectivity index (χ1) is 15.3. The number of esters is 1. The van der Waals surface area contributed by atoms with Crippen molar-refractivity contribution in [3.63, 3.8) is 0 Å². The number of nitrogens with two attached hydrogens (primary N) is 1. The summed E-state index contributed by atoms with van der Waals surface area (Å²) in [6.45, 7) is 0. The Labute approximate surface area is 200 Å². The molecule has 0 aliphatic carbocycles. The van der Waals surface area contributed by atoms with Crippen LogP contribution in [0.3, 0.4) is 0 Å². The van der Waals surface area contributed by atoms with Crippen LogP contribution in [0.25, 0.3) is 0 Å². The Morgan fingerprint density at radius 3 is 2.47 bits per heavy atom. The average Bonchev–Trinajstić information content (AvgIpc) is 3.13. The first kappa shape index (κ1) is 23.9. The van der Waals surface area contributed by atoms with Gasteiger partial charge >= 0.3 is 5.97 Å². The monoisotopic (exact) mass is 509 g/mol. The summed E-state index contributed by atoms with van der Waals surface area (Å²) in [7, 11) is -0.0391. The van der Waals surface area contributed by atoms with Crippen LogP contribution in [0.5, 0.6) is 0 Å². The molecular formula is C21H17Cl2N3O4S2. The molecule has 3 rings (SSSR count). The van der Waals surface area contributed by atoms with Crippen molar-refractivity contribution in [1.29, 1.82) is 0 Å². The lowest BCUT2D eigenvalue weighted by molar-refractivity contribution is -0.134. The molecule has 11 heteroatoms. The van der Waals surface area contributed by atoms with Gasteiger partial charge in [-0.05, 0) is 36.4 Å².